The van der Waals surface area contributed by atoms with Gasteiger partial charge in [-0.1, -0.05) is 29.8 Å². The predicted molar refractivity (Wildman–Crippen MR) is 115 cm³/mol. The highest BCUT2D eigenvalue weighted by atomic mass is 35.5. The fraction of sp³-hybridized carbons (Fsp3) is 0.350. The fourth-order valence-corrected chi connectivity index (χ4v) is 3.69. The Bertz CT molecular complexity index is 1130. The number of benzene rings is 1. The molecule has 1 aromatic carbocycles. The molecule has 0 atom stereocenters. The minimum absolute atomic E-state index is 0. The van der Waals surface area contributed by atoms with Crippen molar-refractivity contribution in [2.24, 2.45) is 0 Å². The average Bonchev–Trinajstić information content (AvgIpc) is 2.71. The van der Waals surface area contributed by atoms with Crippen LogP contribution in [0, 0.1) is 0 Å². The van der Waals surface area contributed by atoms with E-state index in [-0.39, 0.29) is 40.6 Å². The van der Waals surface area contributed by atoms with Gasteiger partial charge in [0.15, 0.2) is 0 Å². The van der Waals surface area contributed by atoms with Gasteiger partial charge in [-0.05, 0) is 25.0 Å². The van der Waals surface area contributed by atoms with Gasteiger partial charge in [-0.3, -0.25) is 9.36 Å². The van der Waals surface area contributed by atoms with Crippen LogP contribution in [0.4, 0.5) is 19.1 Å². The van der Waals surface area contributed by atoms with Crippen LogP contribution in [0.15, 0.2) is 41.3 Å². The van der Waals surface area contributed by atoms with Gasteiger partial charge in [0.1, 0.15) is 12.2 Å². The average molecular weight is 475 g/mol. The van der Waals surface area contributed by atoms with Gasteiger partial charge < -0.3 is 10.1 Å². The van der Waals surface area contributed by atoms with Gasteiger partial charge in [-0.25, -0.2) is 4.98 Å². The van der Waals surface area contributed by atoms with Gasteiger partial charge in [0, 0.05) is 47.0 Å². The van der Waals surface area contributed by atoms with E-state index in [9.17, 15) is 18.0 Å². The number of hydrogen-bond acceptors (Lipinski definition) is 5. The standard InChI is InChI=1S/C20H18ClF3N4O2.ClH/c21-16-4-2-1-3-14(16)15-9-12-10-25-19(26-13-5-7-30-8-6-13)27-17(12)28(18(15)29)11-20(22,23)24;/h1-4,9-10,13H,5-8,11H2,(H,25,26,27);1H. The summed E-state index contributed by atoms with van der Waals surface area (Å²) in [5.41, 5.74) is -0.487. The molecule has 3 heterocycles. The summed E-state index contributed by atoms with van der Waals surface area (Å²) < 4.78 is 45.8. The number of aromatic nitrogens is 3. The molecule has 3 aromatic rings. The summed E-state index contributed by atoms with van der Waals surface area (Å²) in [5, 5.41) is 3.70. The van der Waals surface area contributed by atoms with E-state index in [2.05, 4.69) is 15.3 Å². The minimum Gasteiger partial charge on any atom is -0.381 e. The van der Waals surface area contributed by atoms with E-state index in [4.69, 9.17) is 16.3 Å². The zero-order valence-corrected chi connectivity index (χ0v) is 17.7. The van der Waals surface area contributed by atoms with Crippen LogP contribution in [0.2, 0.25) is 5.02 Å². The highest BCUT2D eigenvalue weighted by molar-refractivity contribution is 6.33. The van der Waals surface area contributed by atoms with Crippen LogP contribution in [-0.4, -0.2) is 40.0 Å². The Morgan fingerprint density at radius 1 is 1.19 bits per heavy atom. The Morgan fingerprint density at radius 2 is 1.90 bits per heavy atom. The highest BCUT2D eigenvalue weighted by Gasteiger charge is 2.30. The second-order valence-corrected chi connectivity index (χ2v) is 7.46. The molecule has 4 rings (SSSR count). The van der Waals surface area contributed by atoms with Gasteiger partial charge in [-0.2, -0.15) is 18.2 Å². The summed E-state index contributed by atoms with van der Waals surface area (Å²) in [7, 11) is 0. The van der Waals surface area contributed by atoms with Crippen LogP contribution < -0.4 is 10.9 Å². The molecule has 1 aliphatic heterocycles. The Hall–Kier alpha value is -2.36. The molecule has 1 saturated heterocycles. The van der Waals surface area contributed by atoms with Gasteiger partial charge >= 0.3 is 6.18 Å². The number of alkyl halides is 3. The van der Waals surface area contributed by atoms with Crippen LogP contribution in [0.1, 0.15) is 12.8 Å². The van der Waals surface area contributed by atoms with Gasteiger partial charge in [-0.15, -0.1) is 12.4 Å². The molecule has 6 nitrogen and oxygen atoms in total. The fourth-order valence-electron chi connectivity index (χ4n) is 3.45. The van der Waals surface area contributed by atoms with E-state index < -0.39 is 18.3 Å². The first-order chi connectivity index (χ1) is 14.3. The van der Waals surface area contributed by atoms with Gasteiger partial charge in [0.2, 0.25) is 5.95 Å². The summed E-state index contributed by atoms with van der Waals surface area (Å²) in [6, 6.07) is 8.04. The number of anilines is 1. The Kier molecular flexibility index (Phi) is 7.08. The van der Waals surface area contributed by atoms with Crippen molar-refractivity contribution >= 4 is 41.0 Å². The van der Waals surface area contributed by atoms with Crippen molar-refractivity contribution in [3.8, 4) is 11.1 Å². The third-order valence-electron chi connectivity index (χ3n) is 4.88. The first-order valence-electron chi connectivity index (χ1n) is 9.38. The second kappa shape index (κ2) is 9.42. The lowest BCUT2D eigenvalue weighted by atomic mass is 10.1. The van der Waals surface area contributed by atoms with Crippen molar-refractivity contribution in [3.63, 3.8) is 0 Å². The molecule has 0 saturated carbocycles. The van der Waals surface area contributed by atoms with Crippen molar-refractivity contribution in [2.75, 3.05) is 18.5 Å². The Morgan fingerprint density at radius 3 is 2.58 bits per heavy atom. The topological polar surface area (TPSA) is 69.0 Å². The van der Waals surface area contributed by atoms with E-state index in [0.717, 1.165) is 12.8 Å². The monoisotopic (exact) mass is 474 g/mol. The quantitative estimate of drug-likeness (QED) is 0.593. The van der Waals surface area contributed by atoms with Crippen LogP contribution in [-0.2, 0) is 11.3 Å². The maximum absolute atomic E-state index is 13.3. The number of ether oxygens (including phenoxy) is 1. The number of hydrogen-bond donors (Lipinski definition) is 1. The third kappa shape index (κ3) is 5.28. The van der Waals surface area contributed by atoms with Crippen LogP contribution in [0.3, 0.4) is 0 Å². The van der Waals surface area contributed by atoms with E-state index in [1.54, 1.807) is 24.3 Å². The lowest BCUT2D eigenvalue weighted by Crippen LogP contribution is -2.31. The van der Waals surface area contributed by atoms with E-state index in [0.29, 0.717) is 28.7 Å². The molecule has 2 aromatic heterocycles. The van der Waals surface area contributed by atoms with E-state index in [1.165, 1.54) is 12.3 Å². The summed E-state index contributed by atoms with van der Waals surface area (Å²) in [4.78, 5) is 21.5. The van der Waals surface area contributed by atoms with Gasteiger partial charge in [0.05, 0.1) is 0 Å². The number of fused-ring (bicyclic) bond motifs is 1. The first-order valence-corrected chi connectivity index (χ1v) is 9.76. The van der Waals surface area contributed by atoms with Gasteiger partial charge in [0.25, 0.3) is 5.56 Å². The number of rotatable bonds is 4. The zero-order valence-electron chi connectivity index (χ0n) is 16.2. The SMILES string of the molecule is Cl.O=c1c(-c2ccccc2Cl)cc2cnc(NC3CCOCC3)nc2n1CC(F)(F)F. The first kappa shape index (κ1) is 23.3. The molecule has 1 fully saturated rings. The molecule has 31 heavy (non-hydrogen) atoms. The molecule has 0 amide bonds. The molecule has 1 N–H and O–H groups in total. The number of halogens is 5. The lowest BCUT2D eigenvalue weighted by Gasteiger charge is -2.23. The molecule has 0 radical (unpaired) electrons. The zero-order chi connectivity index (χ0) is 21.3. The minimum atomic E-state index is -4.60. The van der Waals surface area contributed by atoms with Crippen molar-refractivity contribution in [1.82, 2.24) is 14.5 Å². The van der Waals surface area contributed by atoms with Crippen molar-refractivity contribution in [2.45, 2.75) is 31.6 Å². The predicted octanol–water partition coefficient (Wildman–Crippen LogP) is 4.69. The van der Waals surface area contributed by atoms with Crippen molar-refractivity contribution in [3.05, 3.63) is 51.9 Å². The Labute approximate surface area is 186 Å². The highest BCUT2D eigenvalue weighted by Crippen LogP contribution is 2.28. The molecule has 0 unspecified atom stereocenters. The Balaban J connectivity index is 0.00000272. The largest absolute Gasteiger partial charge is 0.406 e. The third-order valence-corrected chi connectivity index (χ3v) is 5.21. The molecule has 11 heteroatoms. The second-order valence-electron chi connectivity index (χ2n) is 7.05. The number of pyridine rings is 1. The van der Waals surface area contributed by atoms with E-state index >= 15 is 0 Å². The molecular formula is C20H19Cl2F3N4O2. The number of nitrogens with zero attached hydrogens (tertiary/aromatic N) is 3. The van der Waals surface area contributed by atoms with Crippen molar-refractivity contribution in [1.29, 1.82) is 0 Å². The normalized spacial score (nSPS) is 15.0. The number of nitrogens with one attached hydrogen (secondary N) is 1. The van der Waals surface area contributed by atoms with E-state index in [1.807, 2.05) is 0 Å². The maximum atomic E-state index is 13.3. The molecule has 0 spiro atoms. The van der Waals surface area contributed by atoms with Crippen LogP contribution in [0.5, 0.6) is 0 Å². The van der Waals surface area contributed by atoms with Crippen LogP contribution >= 0.6 is 24.0 Å². The smallest absolute Gasteiger partial charge is 0.381 e. The summed E-state index contributed by atoms with van der Waals surface area (Å²) in [6.45, 7) is -0.287. The molecule has 0 aliphatic carbocycles. The molecular weight excluding hydrogens is 456 g/mol. The molecule has 0 bridgehead atoms. The van der Waals surface area contributed by atoms with Crippen molar-refractivity contribution < 1.29 is 17.9 Å². The summed E-state index contributed by atoms with van der Waals surface area (Å²) in [5.74, 6) is 0.176. The molecule has 166 valence electrons. The summed E-state index contributed by atoms with van der Waals surface area (Å²) >= 11 is 6.18. The molecule has 1 aliphatic rings. The lowest BCUT2D eigenvalue weighted by molar-refractivity contribution is -0.140. The van der Waals surface area contributed by atoms with Crippen LogP contribution in [0.25, 0.3) is 22.2 Å². The maximum Gasteiger partial charge on any atom is 0.406 e. The summed E-state index contributed by atoms with van der Waals surface area (Å²) in [6.07, 6.45) is -1.71.